The number of nitrogens with zero attached hydrogens (tertiary/aromatic N) is 3. The quantitative estimate of drug-likeness (QED) is 0.385. The number of aryl methyl sites for hydroxylation is 1. The molecule has 27 heavy (non-hydrogen) atoms. The first-order valence-electron chi connectivity index (χ1n) is 7.87. The van der Waals surface area contributed by atoms with E-state index in [0.717, 1.165) is 28.9 Å². The first-order valence-corrected chi connectivity index (χ1v) is 7.87. The highest BCUT2D eigenvalue weighted by molar-refractivity contribution is 5.89. The van der Waals surface area contributed by atoms with Crippen LogP contribution in [0.3, 0.4) is 0 Å². The van der Waals surface area contributed by atoms with E-state index in [0.29, 0.717) is 11.6 Å². The maximum atomic E-state index is 12.3. The molecule has 3 aromatic rings. The van der Waals surface area contributed by atoms with Crippen LogP contribution in [0.2, 0.25) is 0 Å². The van der Waals surface area contributed by atoms with Crippen molar-refractivity contribution in [1.29, 1.82) is 0 Å². The lowest BCUT2D eigenvalue weighted by Gasteiger charge is -2.06. The zero-order chi connectivity index (χ0) is 19.6. The minimum Gasteiger partial charge on any atom is -0.465 e. The molecule has 0 atom stereocenters. The number of benzene rings is 1. The molecule has 0 fully saturated rings. The Kier molecular flexibility index (Phi) is 4.84. The van der Waals surface area contributed by atoms with Crippen molar-refractivity contribution < 1.29 is 18.9 Å². The molecule has 0 aliphatic rings. The van der Waals surface area contributed by atoms with Crippen LogP contribution in [0.15, 0.2) is 52.0 Å². The summed E-state index contributed by atoms with van der Waals surface area (Å²) in [5.41, 5.74) is 0.542. The van der Waals surface area contributed by atoms with Crippen molar-refractivity contribution in [2.24, 2.45) is 0 Å². The van der Waals surface area contributed by atoms with Crippen LogP contribution in [-0.4, -0.2) is 27.6 Å². The number of aromatic nitrogens is 2. The summed E-state index contributed by atoms with van der Waals surface area (Å²) in [4.78, 5) is 38.6. The molecule has 1 aromatic carbocycles. The molecule has 0 aliphatic heterocycles. The summed E-state index contributed by atoms with van der Waals surface area (Å²) in [7, 11) is 1.15. The van der Waals surface area contributed by atoms with Gasteiger partial charge >= 0.3 is 17.2 Å². The standard InChI is InChI=1S/C18H15N3O6/c1-11-3-5-12(6-4-11)16-19-14(10-27-16)9-20-8-13(18(23)26-2)7-15(17(20)22)21(24)25/h3-8,10H,9H2,1-2H3. The third kappa shape index (κ3) is 3.76. The minimum atomic E-state index is -0.854. The van der Waals surface area contributed by atoms with E-state index < -0.39 is 22.1 Å². The van der Waals surface area contributed by atoms with Crippen LogP contribution < -0.4 is 5.56 Å². The first kappa shape index (κ1) is 18.1. The average molecular weight is 369 g/mol. The molecule has 0 N–H and O–H groups in total. The maximum Gasteiger partial charge on any atom is 0.339 e. The van der Waals surface area contributed by atoms with Gasteiger partial charge in [-0.15, -0.1) is 0 Å². The summed E-state index contributed by atoms with van der Waals surface area (Å²) in [6, 6.07) is 8.41. The van der Waals surface area contributed by atoms with Gasteiger partial charge in [0.05, 0.1) is 29.8 Å². The fourth-order valence-corrected chi connectivity index (χ4v) is 2.48. The van der Waals surface area contributed by atoms with E-state index in [9.17, 15) is 19.7 Å². The molecule has 9 nitrogen and oxygen atoms in total. The second kappa shape index (κ2) is 7.24. The van der Waals surface area contributed by atoms with Crippen LogP contribution in [-0.2, 0) is 11.3 Å². The molecule has 0 spiro atoms. The predicted molar refractivity (Wildman–Crippen MR) is 94.5 cm³/mol. The van der Waals surface area contributed by atoms with Crippen molar-refractivity contribution >= 4 is 11.7 Å². The first-order chi connectivity index (χ1) is 12.9. The molecule has 2 heterocycles. The van der Waals surface area contributed by atoms with Crippen molar-refractivity contribution in [1.82, 2.24) is 9.55 Å². The molecule has 0 unspecified atom stereocenters. The third-order valence-electron chi connectivity index (χ3n) is 3.87. The van der Waals surface area contributed by atoms with Gasteiger partial charge in [0.15, 0.2) is 0 Å². The van der Waals surface area contributed by atoms with Gasteiger partial charge in [-0.05, 0) is 19.1 Å². The number of carbonyl (C=O) groups excluding carboxylic acids is 1. The third-order valence-corrected chi connectivity index (χ3v) is 3.87. The van der Waals surface area contributed by atoms with Crippen LogP contribution in [0.4, 0.5) is 5.69 Å². The molecular weight excluding hydrogens is 354 g/mol. The molecule has 0 amide bonds. The summed E-state index contributed by atoms with van der Waals surface area (Å²) >= 11 is 0. The minimum absolute atomic E-state index is 0.0974. The Morgan fingerprint density at radius 3 is 2.67 bits per heavy atom. The summed E-state index contributed by atoms with van der Waals surface area (Å²) in [5, 5.41) is 11.1. The largest absolute Gasteiger partial charge is 0.465 e. The van der Waals surface area contributed by atoms with E-state index in [2.05, 4.69) is 9.72 Å². The van der Waals surface area contributed by atoms with Gasteiger partial charge in [0, 0.05) is 17.8 Å². The fraction of sp³-hybridized carbons (Fsp3) is 0.167. The molecule has 0 saturated carbocycles. The van der Waals surface area contributed by atoms with Crippen molar-refractivity contribution in [2.45, 2.75) is 13.5 Å². The van der Waals surface area contributed by atoms with E-state index in [1.54, 1.807) is 0 Å². The summed E-state index contributed by atoms with van der Waals surface area (Å²) in [6.45, 7) is 1.86. The number of methoxy groups -OCH3 is 1. The lowest BCUT2D eigenvalue weighted by atomic mass is 10.1. The van der Waals surface area contributed by atoms with E-state index in [1.165, 1.54) is 12.5 Å². The van der Waals surface area contributed by atoms with Crippen LogP contribution in [0.25, 0.3) is 11.5 Å². The predicted octanol–water partition coefficient (Wildman–Crippen LogP) is 2.55. The number of esters is 1. The van der Waals surface area contributed by atoms with Crippen molar-refractivity contribution in [3.63, 3.8) is 0 Å². The molecule has 0 bridgehead atoms. The normalized spacial score (nSPS) is 10.6. The van der Waals surface area contributed by atoms with E-state index in [4.69, 9.17) is 4.42 Å². The molecule has 9 heteroatoms. The second-order valence-corrected chi connectivity index (χ2v) is 5.81. The highest BCUT2D eigenvalue weighted by Crippen LogP contribution is 2.19. The van der Waals surface area contributed by atoms with Gasteiger partial charge in [-0.25, -0.2) is 9.78 Å². The lowest BCUT2D eigenvalue weighted by molar-refractivity contribution is -0.386. The highest BCUT2D eigenvalue weighted by atomic mass is 16.6. The Morgan fingerprint density at radius 2 is 2.04 bits per heavy atom. The summed E-state index contributed by atoms with van der Waals surface area (Å²) in [5.74, 6) is -0.427. The molecular formula is C18H15N3O6. The molecule has 138 valence electrons. The Hall–Kier alpha value is -3.75. The maximum absolute atomic E-state index is 12.3. The van der Waals surface area contributed by atoms with Gasteiger partial charge < -0.3 is 13.7 Å². The fourth-order valence-electron chi connectivity index (χ4n) is 2.48. The lowest BCUT2D eigenvalue weighted by Crippen LogP contribution is -2.24. The van der Waals surface area contributed by atoms with Crippen LogP contribution in [0.1, 0.15) is 21.6 Å². The number of nitro groups is 1. The van der Waals surface area contributed by atoms with Gasteiger partial charge in [0.25, 0.3) is 0 Å². The molecule has 3 rings (SSSR count). The van der Waals surface area contributed by atoms with Crippen LogP contribution in [0, 0.1) is 17.0 Å². The van der Waals surface area contributed by atoms with Gasteiger partial charge in [-0.2, -0.15) is 0 Å². The zero-order valence-electron chi connectivity index (χ0n) is 14.5. The molecule has 0 radical (unpaired) electrons. The molecule has 0 aliphatic carbocycles. The van der Waals surface area contributed by atoms with Crippen LogP contribution >= 0.6 is 0 Å². The molecule has 2 aromatic heterocycles. The number of hydrogen-bond donors (Lipinski definition) is 0. The second-order valence-electron chi connectivity index (χ2n) is 5.81. The number of ether oxygens (including phenoxy) is 1. The number of oxazole rings is 1. The SMILES string of the molecule is COC(=O)c1cc([N+](=O)[O-])c(=O)n(Cc2coc(-c3ccc(C)cc3)n2)c1. The number of carbonyl (C=O) groups is 1. The van der Waals surface area contributed by atoms with Crippen molar-refractivity contribution in [3.8, 4) is 11.5 Å². The van der Waals surface area contributed by atoms with Gasteiger partial charge in [-0.3, -0.25) is 14.9 Å². The number of rotatable bonds is 5. The Bertz CT molecular complexity index is 1070. The van der Waals surface area contributed by atoms with E-state index in [1.807, 2.05) is 31.2 Å². The van der Waals surface area contributed by atoms with Crippen molar-refractivity contribution in [3.05, 3.63) is 80.1 Å². The van der Waals surface area contributed by atoms with Crippen LogP contribution in [0.5, 0.6) is 0 Å². The van der Waals surface area contributed by atoms with Gasteiger partial charge in [0.2, 0.25) is 5.89 Å². The van der Waals surface area contributed by atoms with Crippen molar-refractivity contribution in [2.75, 3.05) is 7.11 Å². The Labute approximate surface area is 153 Å². The monoisotopic (exact) mass is 369 g/mol. The number of pyridine rings is 1. The Balaban J connectivity index is 1.97. The molecule has 0 saturated heterocycles. The smallest absolute Gasteiger partial charge is 0.339 e. The topological polar surface area (TPSA) is 117 Å². The zero-order valence-corrected chi connectivity index (χ0v) is 14.5. The number of hydrogen-bond acceptors (Lipinski definition) is 7. The van der Waals surface area contributed by atoms with Gasteiger partial charge in [-0.1, -0.05) is 17.7 Å². The average Bonchev–Trinajstić information content (AvgIpc) is 3.11. The summed E-state index contributed by atoms with van der Waals surface area (Å²) < 4.78 is 11.0. The van der Waals surface area contributed by atoms with E-state index in [-0.39, 0.29) is 12.1 Å². The van der Waals surface area contributed by atoms with Gasteiger partial charge in [0.1, 0.15) is 6.26 Å². The Morgan fingerprint density at radius 1 is 1.33 bits per heavy atom. The summed E-state index contributed by atoms with van der Waals surface area (Å²) in [6.07, 6.45) is 2.56. The highest BCUT2D eigenvalue weighted by Gasteiger charge is 2.21. The van der Waals surface area contributed by atoms with E-state index >= 15 is 0 Å².